The third kappa shape index (κ3) is 1.30. The predicted octanol–water partition coefficient (Wildman–Crippen LogP) is 2.48. The summed E-state index contributed by atoms with van der Waals surface area (Å²) in [5, 5.41) is 0. The quantitative estimate of drug-likeness (QED) is 0.794. The van der Waals surface area contributed by atoms with Gasteiger partial charge in [0.25, 0.3) is 0 Å². The topological polar surface area (TPSA) is 43.8 Å². The lowest BCUT2D eigenvalue weighted by Crippen LogP contribution is -1.95. The van der Waals surface area contributed by atoms with Crippen LogP contribution in [-0.4, -0.2) is 9.55 Å². The molecule has 0 radical (unpaired) electrons. The first-order valence-corrected chi connectivity index (χ1v) is 5.33. The van der Waals surface area contributed by atoms with Crippen LogP contribution in [0.15, 0.2) is 16.6 Å². The van der Waals surface area contributed by atoms with Crippen molar-refractivity contribution in [3.8, 4) is 0 Å². The first-order valence-electron chi connectivity index (χ1n) is 4.53. The van der Waals surface area contributed by atoms with Gasteiger partial charge in [0.1, 0.15) is 5.82 Å². The molecule has 0 aliphatic carbocycles. The maximum atomic E-state index is 5.75. The maximum absolute atomic E-state index is 5.75. The van der Waals surface area contributed by atoms with E-state index in [4.69, 9.17) is 5.73 Å². The summed E-state index contributed by atoms with van der Waals surface area (Å²) in [6, 6.07) is 3.81. The van der Waals surface area contributed by atoms with Crippen molar-refractivity contribution in [1.82, 2.24) is 9.55 Å². The monoisotopic (exact) mass is 253 g/mol. The lowest BCUT2D eigenvalue weighted by molar-refractivity contribution is 0.828. The minimum absolute atomic E-state index is 0.741. The molecule has 74 valence electrons. The van der Waals surface area contributed by atoms with Crippen molar-refractivity contribution in [2.45, 2.75) is 13.3 Å². The van der Waals surface area contributed by atoms with Crippen LogP contribution < -0.4 is 5.73 Å². The van der Waals surface area contributed by atoms with E-state index in [0.29, 0.717) is 0 Å². The second kappa shape index (κ2) is 3.28. The zero-order chi connectivity index (χ0) is 10.3. The summed E-state index contributed by atoms with van der Waals surface area (Å²) in [5.41, 5.74) is 8.55. The van der Waals surface area contributed by atoms with E-state index in [9.17, 15) is 0 Å². The summed E-state index contributed by atoms with van der Waals surface area (Å²) < 4.78 is 3.10. The van der Waals surface area contributed by atoms with Gasteiger partial charge in [0.05, 0.1) is 11.0 Å². The second-order valence-electron chi connectivity index (χ2n) is 3.31. The van der Waals surface area contributed by atoms with Crippen LogP contribution in [0.1, 0.15) is 12.7 Å². The van der Waals surface area contributed by atoms with Gasteiger partial charge < -0.3 is 10.3 Å². The van der Waals surface area contributed by atoms with Crippen LogP contribution in [0.3, 0.4) is 0 Å². The van der Waals surface area contributed by atoms with Crippen molar-refractivity contribution in [2.75, 3.05) is 5.73 Å². The molecule has 1 aromatic heterocycles. The Labute approximate surface area is 91.1 Å². The smallest absolute Gasteiger partial charge is 0.109 e. The van der Waals surface area contributed by atoms with E-state index in [1.165, 1.54) is 0 Å². The van der Waals surface area contributed by atoms with E-state index in [0.717, 1.165) is 33.4 Å². The Morgan fingerprint density at radius 3 is 2.86 bits per heavy atom. The number of nitrogens with zero attached hydrogens (tertiary/aromatic N) is 2. The Balaban J connectivity index is 2.85. The molecule has 0 bridgehead atoms. The molecule has 2 rings (SSSR count). The molecule has 2 N–H and O–H groups in total. The van der Waals surface area contributed by atoms with Gasteiger partial charge in [0.15, 0.2) is 0 Å². The number of nitrogen functional groups attached to an aromatic ring is 1. The van der Waals surface area contributed by atoms with E-state index in [-0.39, 0.29) is 0 Å². The largest absolute Gasteiger partial charge is 0.399 e. The highest BCUT2D eigenvalue weighted by atomic mass is 79.9. The second-order valence-corrected chi connectivity index (χ2v) is 4.17. The molecule has 0 spiro atoms. The van der Waals surface area contributed by atoms with Gasteiger partial charge in [-0.15, -0.1) is 0 Å². The molecule has 0 saturated heterocycles. The third-order valence-electron chi connectivity index (χ3n) is 2.35. The standard InChI is InChI=1S/C10H12BrN3/c1-3-9-13-8-5-6(12)4-7(11)10(8)14(9)2/h4-5H,3,12H2,1-2H3. The number of fused-ring (bicyclic) bond motifs is 1. The van der Waals surface area contributed by atoms with Gasteiger partial charge in [-0.2, -0.15) is 0 Å². The lowest BCUT2D eigenvalue weighted by Gasteiger charge is -2.01. The molecular formula is C10H12BrN3. The minimum Gasteiger partial charge on any atom is -0.399 e. The maximum Gasteiger partial charge on any atom is 0.109 e. The molecule has 4 heteroatoms. The fourth-order valence-corrected chi connectivity index (χ4v) is 2.41. The summed E-state index contributed by atoms with van der Waals surface area (Å²) in [7, 11) is 2.02. The van der Waals surface area contributed by atoms with E-state index in [1.807, 2.05) is 19.2 Å². The van der Waals surface area contributed by atoms with E-state index < -0.39 is 0 Å². The number of anilines is 1. The van der Waals surface area contributed by atoms with Crippen LogP contribution in [0.2, 0.25) is 0 Å². The van der Waals surface area contributed by atoms with E-state index in [1.54, 1.807) is 0 Å². The zero-order valence-corrected chi connectivity index (χ0v) is 9.80. The van der Waals surface area contributed by atoms with Crippen LogP contribution in [0, 0.1) is 0 Å². The van der Waals surface area contributed by atoms with Gasteiger partial charge >= 0.3 is 0 Å². The Kier molecular flexibility index (Phi) is 2.23. The van der Waals surface area contributed by atoms with Crippen molar-refractivity contribution in [2.24, 2.45) is 7.05 Å². The first kappa shape index (κ1) is 9.52. The summed E-state index contributed by atoms with van der Waals surface area (Å²) >= 11 is 3.50. The van der Waals surface area contributed by atoms with Crippen LogP contribution in [0.5, 0.6) is 0 Å². The number of benzene rings is 1. The number of aryl methyl sites for hydroxylation is 2. The van der Waals surface area contributed by atoms with Crippen LogP contribution >= 0.6 is 15.9 Å². The summed E-state index contributed by atoms with van der Waals surface area (Å²) in [5.74, 6) is 1.08. The first-order chi connectivity index (χ1) is 6.63. The molecule has 3 nitrogen and oxygen atoms in total. The SMILES string of the molecule is CCc1nc2cc(N)cc(Br)c2n1C. The highest BCUT2D eigenvalue weighted by molar-refractivity contribution is 9.10. The fraction of sp³-hybridized carbons (Fsp3) is 0.300. The molecule has 14 heavy (non-hydrogen) atoms. The molecular weight excluding hydrogens is 242 g/mol. The Morgan fingerprint density at radius 1 is 1.50 bits per heavy atom. The highest BCUT2D eigenvalue weighted by Gasteiger charge is 2.09. The lowest BCUT2D eigenvalue weighted by atomic mass is 10.3. The van der Waals surface area contributed by atoms with Gasteiger partial charge in [-0.25, -0.2) is 4.98 Å². The molecule has 0 fully saturated rings. The average Bonchev–Trinajstić information content (AvgIpc) is 2.42. The summed E-state index contributed by atoms with van der Waals surface area (Å²) in [6.45, 7) is 2.10. The molecule has 0 aliphatic heterocycles. The summed E-state index contributed by atoms with van der Waals surface area (Å²) in [4.78, 5) is 4.51. The molecule has 0 aliphatic rings. The van der Waals surface area contributed by atoms with Gasteiger partial charge in [0, 0.05) is 23.6 Å². The average molecular weight is 254 g/mol. The highest BCUT2D eigenvalue weighted by Crippen LogP contribution is 2.27. The molecule has 0 saturated carbocycles. The summed E-state index contributed by atoms with van der Waals surface area (Å²) in [6.07, 6.45) is 0.928. The number of imidazole rings is 1. The Hall–Kier alpha value is -1.03. The van der Waals surface area contributed by atoms with Crippen LogP contribution in [-0.2, 0) is 13.5 Å². The number of hydrogen-bond acceptors (Lipinski definition) is 2. The molecule has 1 aromatic carbocycles. The van der Waals surface area contributed by atoms with Gasteiger partial charge in [0.2, 0.25) is 0 Å². The van der Waals surface area contributed by atoms with Crippen molar-refractivity contribution in [1.29, 1.82) is 0 Å². The molecule has 0 unspecified atom stereocenters. The number of rotatable bonds is 1. The molecule has 2 aromatic rings. The Bertz CT molecular complexity index is 488. The van der Waals surface area contributed by atoms with E-state index >= 15 is 0 Å². The Morgan fingerprint density at radius 2 is 2.21 bits per heavy atom. The fourth-order valence-electron chi connectivity index (χ4n) is 1.68. The third-order valence-corrected chi connectivity index (χ3v) is 2.96. The number of nitrogens with two attached hydrogens (primary N) is 1. The van der Waals surface area contributed by atoms with Crippen molar-refractivity contribution >= 4 is 32.7 Å². The molecule has 0 atom stereocenters. The van der Waals surface area contributed by atoms with Crippen molar-refractivity contribution < 1.29 is 0 Å². The van der Waals surface area contributed by atoms with Crippen molar-refractivity contribution in [3.05, 3.63) is 22.4 Å². The van der Waals surface area contributed by atoms with E-state index in [2.05, 4.69) is 32.4 Å². The molecule has 0 amide bonds. The minimum atomic E-state index is 0.741. The number of halogens is 1. The van der Waals surface area contributed by atoms with Gasteiger partial charge in [-0.1, -0.05) is 6.92 Å². The number of hydrogen-bond donors (Lipinski definition) is 1. The predicted molar refractivity (Wildman–Crippen MR) is 62.2 cm³/mol. The zero-order valence-electron chi connectivity index (χ0n) is 8.21. The van der Waals surface area contributed by atoms with Gasteiger partial charge in [-0.05, 0) is 28.1 Å². The molecule has 1 heterocycles. The normalized spacial score (nSPS) is 11.1. The van der Waals surface area contributed by atoms with Crippen LogP contribution in [0.25, 0.3) is 11.0 Å². The van der Waals surface area contributed by atoms with Crippen molar-refractivity contribution in [3.63, 3.8) is 0 Å². The van der Waals surface area contributed by atoms with Crippen LogP contribution in [0.4, 0.5) is 5.69 Å². The number of aromatic nitrogens is 2. The van der Waals surface area contributed by atoms with Gasteiger partial charge in [-0.3, -0.25) is 0 Å².